The van der Waals surface area contributed by atoms with Crippen molar-refractivity contribution in [2.75, 3.05) is 7.11 Å². The van der Waals surface area contributed by atoms with E-state index in [1.165, 1.54) is 44.6 Å². The smallest absolute Gasteiger partial charge is 0.336 e. The highest BCUT2D eigenvalue weighted by Crippen LogP contribution is 2.42. The second-order valence-electron chi connectivity index (χ2n) is 11.1. The lowest BCUT2D eigenvalue weighted by Gasteiger charge is -2.31. The lowest BCUT2D eigenvalue weighted by Crippen LogP contribution is -2.42. The average Bonchev–Trinajstić information content (AvgIpc) is 3.74. The zero-order valence-electron chi connectivity index (χ0n) is 22.7. The van der Waals surface area contributed by atoms with Gasteiger partial charge in [0.15, 0.2) is 11.6 Å². The van der Waals surface area contributed by atoms with Crippen molar-refractivity contribution in [1.82, 2.24) is 15.3 Å². The van der Waals surface area contributed by atoms with Gasteiger partial charge in [0.25, 0.3) is 5.91 Å². The third-order valence-corrected chi connectivity index (χ3v) is 8.71. The summed E-state index contributed by atoms with van der Waals surface area (Å²) in [6, 6.07) is 12.8. The number of halogens is 2. The molecule has 1 aromatic heterocycles. The van der Waals surface area contributed by atoms with Crippen molar-refractivity contribution in [3.8, 4) is 28.3 Å². The van der Waals surface area contributed by atoms with Gasteiger partial charge in [-0.1, -0.05) is 49.1 Å². The maximum atomic E-state index is 14.3. The number of nitrogens with one attached hydrogen (secondary N) is 2. The summed E-state index contributed by atoms with van der Waals surface area (Å²) >= 11 is 6.67. The fourth-order valence-corrected chi connectivity index (χ4v) is 6.45. The lowest BCUT2D eigenvalue weighted by molar-refractivity contribution is 0.0697. The number of benzene rings is 3. The van der Waals surface area contributed by atoms with Crippen molar-refractivity contribution in [2.24, 2.45) is 11.8 Å². The van der Waals surface area contributed by atoms with Gasteiger partial charge in [-0.05, 0) is 61.3 Å². The number of fused-ring (bicyclic) bond motifs is 1. The molecule has 0 spiro atoms. The van der Waals surface area contributed by atoms with Gasteiger partial charge in [0.05, 0.1) is 23.7 Å². The molecule has 7 nitrogen and oxygen atoms in total. The summed E-state index contributed by atoms with van der Waals surface area (Å²) in [5.41, 5.74) is 2.53. The van der Waals surface area contributed by atoms with Gasteiger partial charge < -0.3 is 20.1 Å². The third-order valence-electron chi connectivity index (χ3n) is 8.39. The normalized spacial score (nSPS) is 16.5. The summed E-state index contributed by atoms with van der Waals surface area (Å²) in [7, 11) is 1.38. The van der Waals surface area contributed by atoms with Crippen molar-refractivity contribution in [2.45, 2.75) is 51.0 Å². The van der Waals surface area contributed by atoms with E-state index in [-0.39, 0.29) is 23.3 Å². The van der Waals surface area contributed by atoms with Crippen LogP contribution in [0.5, 0.6) is 5.75 Å². The number of carbonyl (C=O) groups is 2. The van der Waals surface area contributed by atoms with Crippen LogP contribution in [-0.4, -0.2) is 40.1 Å². The Kier molecular flexibility index (Phi) is 7.43. The number of aromatic carboxylic acids is 1. The molecule has 0 aliphatic heterocycles. The predicted molar refractivity (Wildman–Crippen MR) is 156 cm³/mol. The predicted octanol–water partition coefficient (Wildman–Crippen LogP) is 7.48. The van der Waals surface area contributed by atoms with Crippen molar-refractivity contribution in [3.63, 3.8) is 0 Å². The molecule has 1 atom stereocenters. The topological polar surface area (TPSA) is 104 Å². The first-order valence-electron chi connectivity index (χ1n) is 14.0. The van der Waals surface area contributed by atoms with Crippen LogP contribution >= 0.6 is 11.6 Å². The first-order chi connectivity index (χ1) is 19.8. The largest absolute Gasteiger partial charge is 0.494 e. The Bertz CT molecular complexity index is 1640. The molecule has 6 rings (SSSR count). The number of methoxy groups -OCH3 is 1. The fourth-order valence-electron chi connectivity index (χ4n) is 6.17. The molecule has 4 aromatic rings. The van der Waals surface area contributed by atoms with Crippen LogP contribution in [0.3, 0.4) is 0 Å². The standard InChI is InChI=1S/C32H31ClFN3O4/c1-41-27-16-26-25(15-24(27)34)35-30(36-26)21-8-5-9-23(33)28(21)20-13-12-19(14-22(20)32(39)40)31(38)37-29(18-10-11-18)17-6-3-2-4-7-17/h5,8-9,12-18,29H,2-4,6-7,10-11H2,1H3,(H,35,36)(H,37,38)(H,39,40)/t29-/m1/s1. The number of H-pyrrole nitrogens is 1. The quantitative estimate of drug-likeness (QED) is 0.202. The Morgan fingerprint density at radius 1 is 1.05 bits per heavy atom. The number of amides is 1. The Labute approximate surface area is 242 Å². The maximum Gasteiger partial charge on any atom is 0.336 e. The molecule has 212 valence electrons. The number of aromatic amines is 1. The number of carbonyl (C=O) groups excluding carboxylic acids is 1. The van der Waals surface area contributed by atoms with E-state index in [4.69, 9.17) is 16.3 Å². The van der Waals surface area contributed by atoms with Gasteiger partial charge in [-0.25, -0.2) is 14.2 Å². The van der Waals surface area contributed by atoms with Crippen LogP contribution in [0.15, 0.2) is 48.5 Å². The molecule has 2 aliphatic rings. The number of rotatable bonds is 8. The van der Waals surface area contributed by atoms with Crippen LogP contribution in [0.4, 0.5) is 4.39 Å². The summed E-state index contributed by atoms with van der Waals surface area (Å²) in [6.45, 7) is 0. The second kappa shape index (κ2) is 11.2. The first-order valence-corrected chi connectivity index (χ1v) is 14.4. The molecule has 0 saturated heterocycles. The van der Waals surface area contributed by atoms with Crippen molar-refractivity contribution in [1.29, 1.82) is 0 Å². The van der Waals surface area contributed by atoms with Gasteiger partial charge in [-0.3, -0.25) is 4.79 Å². The zero-order valence-corrected chi connectivity index (χ0v) is 23.4. The minimum absolute atomic E-state index is 0.0449. The van der Waals surface area contributed by atoms with E-state index in [0.29, 0.717) is 56.0 Å². The average molecular weight is 576 g/mol. The van der Waals surface area contributed by atoms with Gasteiger partial charge in [0, 0.05) is 39.9 Å². The number of hydrogen-bond acceptors (Lipinski definition) is 4. The van der Waals surface area contributed by atoms with E-state index in [1.807, 2.05) is 0 Å². The first kappa shape index (κ1) is 27.3. The molecule has 9 heteroatoms. The molecular formula is C32H31ClFN3O4. The molecule has 3 N–H and O–H groups in total. The Morgan fingerprint density at radius 2 is 1.80 bits per heavy atom. The highest BCUT2D eigenvalue weighted by Gasteiger charge is 2.38. The van der Waals surface area contributed by atoms with Crippen LogP contribution in [0.25, 0.3) is 33.5 Å². The van der Waals surface area contributed by atoms with E-state index in [2.05, 4.69) is 15.3 Å². The summed E-state index contributed by atoms with van der Waals surface area (Å²) in [6.07, 6.45) is 8.11. The second-order valence-corrected chi connectivity index (χ2v) is 11.5. The number of carboxylic acids is 1. The van der Waals surface area contributed by atoms with Crippen molar-refractivity contribution >= 4 is 34.5 Å². The van der Waals surface area contributed by atoms with Gasteiger partial charge >= 0.3 is 5.97 Å². The van der Waals surface area contributed by atoms with Crippen LogP contribution in [-0.2, 0) is 0 Å². The summed E-state index contributed by atoms with van der Waals surface area (Å²) in [5, 5.41) is 13.8. The highest BCUT2D eigenvalue weighted by molar-refractivity contribution is 6.34. The summed E-state index contributed by atoms with van der Waals surface area (Å²) in [5.74, 6) is -0.531. The number of nitrogens with zero attached hydrogens (tertiary/aromatic N) is 1. The molecule has 0 radical (unpaired) electrons. The number of aromatic nitrogens is 2. The minimum Gasteiger partial charge on any atom is -0.494 e. The maximum absolute atomic E-state index is 14.3. The summed E-state index contributed by atoms with van der Waals surface area (Å²) < 4.78 is 19.4. The number of hydrogen-bond donors (Lipinski definition) is 3. The van der Waals surface area contributed by atoms with Crippen molar-refractivity contribution in [3.05, 3.63) is 70.5 Å². The number of imidazole rings is 1. The Hall–Kier alpha value is -3.91. The Balaban J connectivity index is 1.37. The third kappa shape index (κ3) is 5.40. The SMILES string of the molecule is COc1cc2nc(-c3cccc(Cl)c3-c3ccc(C(=O)N[C@H](C4CCCCC4)C4CC4)cc3C(=O)O)[nH]c2cc1F. The molecule has 2 aliphatic carbocycles. The highest BCUT2D eigenvalue weighted by atomic mass is 35.5. The summed E-state index contributed by atoms with van der Waals surface area (Å²) in [4.78, 5) is 33.6. The fraction of sp³-hybridized carbons (Fsp3) is 0.344. The van der Waals surface area contributed by atoms with E-state index in [9.17, 15) is 19.1 Å². The number of carboxylic acid groups (broad SMARTS) is 1. The zero-order chi connectivity index (χ0) is 28.7. The number of ether oxygens (including phenoxy) is 1. The molecule has 3 aromatic carbocycles. The molecule has 0 unspecified atom stereocenters. The molecule has 41 heavy (non-hydrogen) atoms. The van der Waals surface area contributed by atoms with Crippen LogP contribution in [0.1, 0.15) is 65.7 Å². The Morgan fingerprint density at radius 3 is 2.51 bits per heavy atom. The van der Waals surface area contributed by atoms with Gasteiger partial charge in [-0.2, -0.15) is 0 Å². The monoisotopic (exact) mass is 575 g/mol. The lowest BCUT2D eigenvalue weighted by atomic mass is 9.82. The molecular weight excluding hydrogens is 545 g/mol. The molecule has 2 fully saturated rings. The van der Waals surface area contributed by atoms with E-state index >= 15 is 0 Å². The molecule has 2 saturated carbocycles. The van der Waals surface area contributed by atoms with E-state index in [0.717, 1.165) is 25.7 Å². The van der Waals surface area contributed by atoms with Gasteiger partial charge in [0.1, 0.15) is 5.82 Å². The van der Waals surface area contributed by atoms with Crippen LogP contribution < -0.4 is 10.1 Å². The van der Waals surface area contributed by atoms with Gasteiger partial charge in [-0.15, -0.1) is 0 Å². The van der Waals surface area contributed by atoms with E-state index < -0.39 is 11.8 Å². The minimum atomic E-state index is -1.18. The van der Waals surface area contributed by atoms with Crippen LogP contribution in [0.2, 0.25) is 5.02 Å². The van der Waals surface area contributed by atoms with Crippen molar-refractivity contribution < 1.29 is 23.8 Å². The van der Waals surface area contributed by atoms with E-state index in [1.54, 1.807) is 30.3 Å². The van der Waals surface area contributed by atoms with Crippen LogP contribution in [0, 0.1) is 17.7 Å². The molecule has 1 amide bonds. The molecule has 1 heterocycles. The molecule has 0 bridgehead atoms. The van der Waals surface area contributed by atoms with Gasteiger partial charge in [0.2, 0.25) is 0 Å².